The van der Waals surface area contributed by atoms with Gasteiger partial charge < -0.3 is 10.1 Å². The third kappa shape index (κ3) is 3.32. The number of nitrogens with zero attached hydrogens (tertiary/aromatic N) is 2. The fourth-order valence-corrected chi connectivity index (χ4v) is 2.05. The van der Waals surface area contributed by atoms with Gasteiger partial charge in [0.15, 0.2) is 5.69 Å². The predicted octanol–water partition coefficient (Wildman–Crippen LogP) is 1.76. The molecule has 1 aliphatic heterocycles. The Balaban J connectivity index is 2.03. The van der Waals surface area contributed by atoms with Crippen molar-refractivity contribution in [1.29, 1.82) is 0 Å². The van der Waals surface area contributed by atoms with Crippen molar-refractivity contribution in [2.45, 2.75) is 45.3 Å². The first-order chi connectivity index (χ1) is 8.46. The molecule has 0 unspecified atom stereocenters. The smallest absolute Gasteiger partial charge is 0.359 e. The lowest BCUT2D eigenvalue weighted by atomic mass is 10.1. The molecule has 18 heavy (non-hydrogen) atoms. The van der Waals surface area contributed by atoms with Gasteiger partial charge in [0.25, 0.3) is 0 Å². The maximum Gasteiger partial charge on any atom is 0.359 e. The fourth-order valence-electron chi connectivity index (χ4n) is 2.05. The van der Waals surface area contributed by atoms with Crippen LogP contribution in [-0.4, -0.2) is 34.4 Å². The second kappa shape index (κ2) is 5.10. The predicted molar refractivity (Wildman–Crippen MR) is 68.5 cm³/mol. The summed E-state index contributed by atoms with van der Waals surface area (Å²) < 4.78 is 7.19. The van der Waals surface area contributed by atoms with Crippen molar-refractivity contribution in [3.63, 3.8) is 0 Å². The van der Waals surface area contributed by atoms with E-state index < -0.39 is 5.60 Å². The minimum atomic E-state index is -0.477. The zero-order chi connectivity index (χ0) is 13.2. The summed E-state index contributed by atoms with van der Waals surface area (Å²) in [5.41, 5.74) is -0.0845. The number of carbonyl (C=O) groups is 1. The Hall–Kier alpha value is -1.36. The highest BCUT2D eigenvalue weighted by atomic mass is 16.6. The van der Waals surface area contributed by atoms with Crippen LogP contribution in [0.5, 0.6) is 0 Å². The van der Waals surface area contributed by atoms with Gasteiger partial charge in [0.2, 0.25) is 0 Å². The van der Waals surface area contributed by atoms with Crippen molar-refractivity contribution >= 4 is 5.97 Å². The number of ether oxygens (including phenoxy) is 1. The van der Waals surface area contributed by atoms with Crippen molar-refractivity contribution in [3.05, 3.63) is 18.0 Å². The average Bonchev–Trinajstić information content (AvgIpc) is 2.77. The number of hydrogen-bond acceptors (Lipinski definition) is 4. The Morgan fingerprint density at radius 3 is 2.72 bits per heavy atom. The summed E-state index contributed by atoms with van der Waals surface area (Å²) in [4.78, 5) is 11.8. The number of carbonyl (C=O) groups excluding carboxylic acids is 1. The van der Waals surface area contributed by atoms with Crippen molar-refractivity contribution < 1.29 is 9.53 Å². The van der Waals surface area contributed by atoms with Gasteiger partial charge in [0.05, 0.1) is 6.04 Å². The molecule has 0 bridgehead atoms. The monoisotopic (exact) mass is 251 g/mol. The number of rotatable bonds is 2. The van der Waals surface area contributed by atoms with Gasteiger partial charge in [-0.3, -0.25) is 4.68 Å². The first-order valence-electron chi connectivity index (χ1n) is 6.45. The van der Waals surface area contributed by atoms with E-state index in [2.05, 4.69) is 10.4 Å². The molecule has 2 rings (SSSR count). The van der Waals surface area contributed by atoms with Crippen LogP contribution in [0.25, 0.3) is 0 Å². The molecule has 1 N–H and O–H groups in total. The highest BCUT2D eigenvalue weighted by Crippen LogP contribution is 2.18. The van der Waals surface area contributed by atoms with E-state index in [1.165, 1.54) is 0 Å². The molecule has 0 radical (unpaired) electrons. The Labute approximate surface area is 108 Å². The van der Waals surface area contributed by atoms with Crippen LogP contribution in [-0.2, 0) is 4.74 Å². The number of esters is 1. The van der Waals surface area contributed by atoms with Crippen molar-refractivity contribution in [2.75, 3.05) is 13.1 Å². The van der Waals surface area contributed by atoms with Crippen LogP contribution < -0.4 is 5.32 Å². The highest BCUT2D eigenvalue weighted by Gasteiger charge is 2.21. The summed E-state index contributed by atoms with van der Waals surface area (Å²) in [5.74, 6) is -0.352. The van der Waals surface area contributed by atoms with Crippen molar-refractivity contribution in [3.8, 4) is 0 Å². The summed E-state index contributed by atoms with van der Waals surface area (Å²) >= 11 is 0. The second-order valence-electron chi connectivity index (χ2n) is 5.66. The van der Waals surface area contributed by atoms with Crippen molar-refractivity contribution in [2.24, 2.45) is 0 Å². The van der Waals surface area contributed by atoms with Crippen LogP contribution in [0.3, 0.4) is 0 Å². The van der Waals surface area contributed by atoms with Crippen LogP contribution in [0.2, 0.25) is 0 Å². The van der Waals surface area contributed by atoms with E-state index in [1.807, 2.05) is 31.6 Å². The maximum absolute atomic E-state index is 11.8. The summed E-state index contributed by atoms with van der Waals surface area (Å²) in [6.45, 7) is 7.58. The van der Waals surface area contributed by atoms with Crippen LogP contribution in [0, 0.1) is 0 Å². The minimum Gasteiger partial charge on any atom is -0.455 e. The molecule has 1 aromatic heterocycles. The first-order valence-corrected chi connectivity index (χ1v) is 6.45. The SMILES string of the molecule is CC(C)(C)OC(=O)c1ccn(C2CCNCC2)n1. The molecule has 1 aromatic rings. The lowest BCUT2D eigenvalue weighted by molar-refractivity contribution is 0.00615. The molecule has 0 amide bonds. The van der Waals surface area contributed by atoms with E-state index >= 15 is 0 Å². The van der Waals surface area contributed by atoms with Crippen LogP contribution in [0.15, 0.2) is 12.3 Å². The van der Waals surface area contributed by atoms with E-state index in [0.717, 1.165) is 25.9 Å². The molecule has 0 spiro atoms. The summed E-state index contributed by atoms with van der Waals surface area (Å²) in [5, 5.41) is 7.64. The molecule has 1 fully saturated rings. The van der Waals surface area contributed by atoms with Crippen molar-refractivity contribution in [1.82, 2.24) is 15.1 Å². The molecular formula is C13H21N3O2. The zero-order valence-electron chi connectivity index (χ0n) is 11.3. The topological polar surface area (TPSA) is 56.1 Å². The number of aromatic nitrogens is 2. The van der Waals surface area contributed by atoms with E-state index in [9.17, 15) is 4.79 Å². The van der Waals surface area contributed by atoms with Gasteiger partial charge in [0, 0.05) is 6.20 Å². The van der Waals surface area contributed by atoms with Gasteiger partial charge in [0.1, 0.15) is 5.60 Å². The third-order valence-electron chi connectivity index (χ3n) is 2.90. The van der Waals surface area contributed by atoms with Gasteiger partial charge in [-0.1, -0.05) is 0 Å². The van der Waals surface area contributed by atoms with Crippen LogP contribution in [0.1, 0.15) is 50.1 Å². The summed E-state index contributed by atoms with van der Waals surface area (Å²) in [7, 11) is 0. The molecule has 5 nitrogen and oxygen atoms in total. The lowest BCUT2D eigenvalue weighted by Gasteiger charge is -2.23. The number of piperidine rings is 1. The highest BCUT2D eigenvalue weighted by molar-refractivity contribution is 5.87. The molecular weight excluding hydrogens is 230 g/mol. The first kappa shape index (κ1) is 13.1. The van der Waals surface area contributed by atoms with Gasteiger partial charge in [-0.15, -0.1) is 0 Å². The lowest BCUT2D eigenvalue weighted by Crippen LogP contribution is -2.30. The molecule has 1 saturated heterocycles. The largest absolute Gasteiger partial charge is 0.455 e. The summed E-state index contributed by atoms with van der Waals surface area (Å²) in [6, 6.07) is 2.12. The Kier molecular flexibility index (Phi) is 3.71. The Bertz CT molecular complexity index is 414. The van der Waals surface area contributed by atoms with Crippen LogP contribution >= 0.6 is 0 Å². The fraction of sp³-hybridized carbons (Fsp3) is 0.692. The zero-order valence-corrected chi connectivity index (χ0v) is 11.3. The standard InChI is InChI=1S/C13H21N3O2/c1-13(2,3)18-12(17)11-6-9-16(15-11)10-4-7-14-8-5-10/h6,9-10,14H,4-5,7-8H2,1-3H3. The Morgan fingerprint density at radius 2 is 2.11 bits per heavy atom. The summed E-state index contributed by atoms with van der Waals surface area (Å²) in [6.07, 6.45) is 3.97. The molecule has 0 aromatic carbocycles. The van der Waals surface area contributed by atoms with Gasteiger partial charge in [-0.05, 0) is 52.8 Å². The minimum absolute atomic E-state index is 0.352. The van der Waals surface area contributed by atoms with Gasteiger partial charge in [-0.25, -0.2) is 4.79 Å². The van der Waals surface area contributed by atoms with E-state index in [4.69, 9.17) is 4.74 Å². The Morgan fingerprint density at radius 1 is 1.44 bits per heavy atom. The maximum atomic E-state index is 11.8. The van der Waals surface area contributed by atoms with E-state index in [1.54, 1.807) is 6.07 Å². The van der Waals surface area contributed by atoms with Gasteiger partial charge in [-0.2, -0.15) is 5.10 Å². The molecule has 5 heteroatoms. The number of nitrogens with one attached hydrogen (secondary N) is 1. The molecule has 1 aliphatic rings. The van der Waals surface area contributed by atoms with E-state index in [-0.39, 0.29) is 5.97 Å². The molecule has 0 aliphatic carbocycles. The quantitative estimate of drug-likeness (QED) is 0.814. The molecule has 0 atom stereocenters. The molecule has 2 heterocycles. The normalized spacial score (nSPS) is 17.7. The molecule has 0 saturated carbocycles. The molecule has 100 valence electrons. The third-order valence-corrected chi connectivity index (χ3v) is 2.90. The van der Waals surface area contributed by atoms with Gasteiger partial charge >= 0.3 is 5.97 Å². The average molecular weight is 251 g/mol. The number of hydrogen-bond donors (Lipinski definition) is 1. The van der Waals surface area contributed by atoms with Crippen LogP contribution in [0.4, 0.5) is 0 Å². The van der Waals surface area contributed by atoms with E-state index in [0.29, 0.717) is 11.7 Å². The second-order valence-corrected chi connectivity index (χ2v) is 5.66.